The average Bonchev–Trinajstić information content (AvgIpc) is 2.30. The summed E-state index contributed by atoms with van der Waals surface area (Å²) in [7, 11) is 0. The van der Waals surface area contributed by atoms with Crippen LogP contribution in [-0.2, 0) is 0 Å². The number of hydrogen-bond acceptors (Lipinski definition) is 2. The van der Waals surface area contributed by atoms with E-state index in [1.54, 1.807) is 30.6 Å². The van der Waals surface area contributed by atoms with E-state index in [-0.39, 0.29) is 5.56 Å². The van der Waals surface area contributed by atoms with Gasteiger partial charge in [-0.1, -0.05) is 17.7 Å². The Kier molecular flexibility index (Phi) is 3.11. The van der Waals surface area contributed by atoms with Crippen molar-refractivity contribution in [2.45, 2.75) is 6.92 Å². The number of benzene rings is 1. The van der Waals surface area contributed by atoms with Crippen molar-refractivity contribution in [1.29, 1.82) is 0 Å². The maximum atomic E-state index is 11.2. The predicted molar refractivity (Wildman–Crippen MR) is 66.4 cm³/mol. The molecule has 0 unspecified atom stereocenters. The molecule has 0 spiro atoms. The molecular weight excluding hydrogens is 238 g/mol. The summed E-state index contributed by atoms with van der Waals surface area (Å²) in [6.07, 6.45) is 3.35. The summed E-state index contributed by atoms with van der Waals surface area (Å²) in [6.45, 7) is 1.89. The van der Waals surface area contributed by atoms with E-state index in [0.29, 0.717) is 10.6 Å². The van der Waals surface area contributed by atoms with Gasteiger partial charge in [-0.25, -0.2) is 4.79 Å². The van der Waals surface area contributed by atoms with Crippen molar-refractivity contribution in [2.24, 2.45) is 0 Å². The maximum Gasteiger partial charge on any atom is 0.336 e. The first kappa shape index (κ1) is 11.6. The van der Waals surface area contributed by atoms with Crippen molar-refractivity contribution >= 4 is 17.6 Å². The lowest BCUT2D eigenvalue weighted by molar-refractivity contribution is 0.0697. The number of halogens is 1. The normalized spacial score (nSPS) is 10.2. The molecule has 2 rings (SSSR count). The minimum absolute atomic E-state index is 0.201. The number of rotatable bonds is 2. The van der Waals surface area contributed by atoms with Crippen molar-refractivity contribution < 1.29 is 9.90 Å². The van der Waals surface area contributed by atoms with Crippen LogP contribution in [0.2, 0.25) is 5.02 Å². The average molecular weight is 248 g/mol. The molecule has 1 heterocycles. The van der Waals surface area contributed by atoms with Gasteiger partial charge < -0.3 is 5.11 Å². The summed E-state index contributed by atoms with van der Waals surface area (Å²) in [4.78, 5) is 15.2. The van der Waals surface area contributed by atoms with Crippen LogP contribution in [0.15, 0.2) is 36.7 Å². The van der Waals surface area contributed by atoms with E-state index < -0.39 is 5.97 Å². The molecule has 2 aromatic rings. The van der Waals surface area contributed by atoms with Crippen molar-refractivity contribution in [2.75, 3.05) is 0 Å². The molecule has 0 radical (unpaired) electrons. The Hall–Kier alpha value is -1.87. The van der Waals surface area contributed by atoms with Crippen LogP contribution in [0.1, 0.15) is 15.9 Å². The number of aryl methyl sites for hydroxylation is 1. The molecule has 86 valence electrons. The molecule has 17 heavy (non-hydrogen) atoms. The lowest BCUT2D eigenvalue weighted by Crippen LogP contribution is -2.00. The van der Waals surface area contributed by atoms with Gasteiger partial charge in [0.25, 0.3) is 0 Å². The van der Waals surface area contributed by atoms with Crippen molar-refractivity contribution in [3.8, 4) is 11.1 Å². The first-order valence-corrected chi connectivity index (χ1v) is 5.41. The Balaban J connectivity index is 2.68. The van der Waals surface area contributed by atoms with Crippen molar-refractivity contribution in [3.63, 3.8) is 0 Å². The zero-order valence-corrected chi connectivity index (χ0v) is 9.90. The Morgan fingerprint density at radius 1 is 1.29 bits per heavy atom. The van der Waals surface area contributed by atoms with E-state index in [1.165, 1.54) is 6.07 Å². The van der Waals surface area contributed by atoms with Crippen molar-refractivity contribution in [1.82, 2.24) is 4.98 Å². The summed E-state index contributed by atoms with van der Waals surface area (Å²) >= 11 is 5.81. The first-order valence-electron chi connectivity index (χ1n) is 5.03. The van der Waals surface area contributed by atoms with E-state index in [9.17, 15) is 4.79 Å². The number of hydrogen-bond donors (Lipinski definition) is 1. The van der Waals surface area contributed by atoms with Gasteiger partial charge in [-0.15, -0.1) is 0 Å². The van der Waals surface area contributed by atoms with Crippen LogP contribution in [0.3, 0.4) is 0 Å². The number of carboxylic acids is 1. The van der Waals surface area contributed by atoms with E-state index in [2.05, 4.69) is 4.98 Å². The predicted octanol–water partition coefficient (Wildman–Crippen LogP) is 3.41. The van der Waals surface area contributed by atoms with Crippen LogP contribution in [0.4, 0.5) is 0 Å². The molecule has 0 bridgehead atoms. The van der Waals surface area contributed by atoms with Gasteiger partial charge in [0.05, 0.1) is 5.56 Å². The van der Waals surface area contributed by atoms with Gasteiger partial charge in [-0.3, -0.25) is 4.98 Å². The van der Waals surface area contributed by atoms with E-state index in [4.69, 9.17) is 16.7 Å². The fraction of sp³-hybridized carbons (Fsp3) is 0.0769. The second-order valence-corrected chi connectivity index (χ2v) is 4.12. The molecule has 1 aromatic carbocycles. The van der Waals surface area contributed by atoms with E-state index >= 15 is 0 Å². The summed E-state index contributed by atoms with van der Waals surface area (Å²) in [5.74, 6) is -0.987. The molecule has 0 aliphatic rings. The third-order valence-corrected chi connectivity index (χ3v) is 2.76. The first-order chi connectivity index (χ1) is 8.09. The molecule has 1 N–H and O–H groups in total. The number of carboxylic acid groups (broad SMARTS) is 1. The lowest BCUT2D eigenvalue weighted by Gasteiger charge is -2.09. The molecule has 0 saturated carbocycles. The van der Waals surface area contributed by atoms with Gasteiger partial charge in [-0.2, -0.15) is 0 Å². The summed E-state index contributed by atoms with van der Waals surface area (Å²) < 4.78 is 0. The fourth-order valence-electron chi connectivity index (χ4n) is 1.70. The van der Waals surface area contributed by atoms with Gasteiger partial charge in [0.15, 0.2) is 0 Å². The van der Waals surface area contributed by atoms with Gasteiger partial charge in [0, 0.05) is 17.4 Å². The molecule has 0 amide bonds. The number of aromatic nitrogens is 1. The highest BCUT2D eigenvalue weighted by Crippen LogP contribution is 2.28. The van der Waals surface area contributed by atoms with Crippen molar-refractivity contribution in [3.05, 3.63) is 52.8 Å². The molecule has 0 aliphatic carbocycles. The highest BCUT2D eigenvalue weighted by atomic mass is 35.5. The third kappa shape index (κ3) is 2.29. The number of aromatic carboxylic acids is 1. The number of carbonyl (C=O) groups is 1. The van der Waals surface area contributed by atoms with Gasteiger partial charge >= 0.3 is 5.97 Å². The minimum Gasteiger partial charge on any atom is -0.478 e. The molecule has 0 atom stereocenters. The van der Waals surface area contributed by atoms with Gasteiger partial charge in [0.2, 0.25) is 0 Å². The Morgan fingerprint density at radius 3 is 2.71 bits per heavy atom. The smallest absolute Gasteiger partial charge is 0.336 e. The second kappa shape index (κ2) is 4.55. The van der Waals surface area contributed by atoms with Crippen LogP contribution in [0.25, 0.3) is 11.1 Å². The fourth-order valence-corrected chi connectivity index (χ4v) is 1.88. The Bertz CT molecular complexity index is 581. The molecule has 3 nitrogen and oxygen atoms in total. The summed E-state index contributed by atoms with van der Waals surface area (Å²) in [5.41, 5.74) is 2.64. The lowest BCUT2D eigenvalue weighted by atomic mass is 9.97. The monoisotopic (exact) mass is 247 g/mol. The van der Waals surface area contributed by atoms with Crippen LogP contribution in [0.5, 0.6) is 0 Å². The van der Waals surface area contributed by atoms with E-state index in [0.717, 1.165) is 11.1 Å². The molecule has 1 aromatic heterocycles. The SMILES string of the molecule is Cc1cnccc1-c1ccc(Cl)cc1C(=O)O. The zero-order valence-electron chi connectivity index (χ0n) is 9.14. The minimum atomic E-state index is -0.987. The molecule has 0 fully saturated rings. The third-order valence-electron chi connectivity index (χ3n) is 2.52. The van der Waals surface area contributed by atoms with Crippen LogP contribution >= 0.6 is 11.6 Å². The Labute approximate surface area is 104 Å². The van der Waals surface area contributed by atoms with E-state index in [1.807, 2.05) is 6.92 Å². The molecular formula is C13H10ClNO2. The standard InChI is InChI=1S/C13H10ClNO2/c1-8-7-15-5-4-10(8)11-3-2-9(14)6-12(11)13(16)17/h2-7H,1H3,(H,16,17). The quantitative estimate of drug-likeness (QED) is 0.885. The van der Waals surface area contributed by atoms with Gasteiger partial charge in [0.1, 0.15) is 0 Å². The number of pyridine rings is 1. The highest BCUT2D eigenvalue weighted by molar-refractivity contribution is 6.31. The highest BCUT2D eigenvalue weighted by Gasteiger charge is 2.13. The largest absolute Gasteiger partial charge is 0.478 e. The number of nitrogens with zero attached hydrogens (tertiary/aromatic N) is 1. The van der Waals surface area contributed by atoms with Crippen LogP contribution in [-0.4, -0.2) is 16.1 Å². The Morgan fingerprint density at radius 2 is 2.06 bits per heavy atom. The second-order valence-electron chi connectivity index (χ2n) is 3.69. The molecule has 4 heteroatoms. The molecule has 0 saturated heterocycles. The summed E-state index contributed by atoms with van der Waals surface area (Å²) in [6, 6.07) is 6.65. The maximum absolute atomic E-state index is 11.2. The van der Waals surface area contributed by atoms with Gasteiger partial charge in [-0.05, 0) is 41.8 Å². The van der Waals surface area contributed by atoms with Crippen LogP contribution < -0.4 is 0 Å². The van der Waals surface area contributed by atoms with Crippen LogP contribution in [0, 0.1) is 6.92 Å². The molecule has 0 aliphatic heterocycles. The summed E-state index contributed by atoms with van der Waals surface area (Å²) in [5, 5.41) is 9.58. The topological polar surface area (TPSA) is 50.2 Å². The zero-order chi connectivity index (χ0) is 12.4.